The van der Waals surface area contributed by atoms with Crippen molar-refractivity contribution in [1.82, 2.24) is 0 Å². The second kappa shape index (κ2) is 7.32. The van der Waals surface area contributed by atoms with E-state index in [0.717, 1.165) is 10.0 Å². The second-order valence-electron chi connectivity index (χ2n) is 6.48. The van der Waals surface area contributed by atoms with Gasteiger partial charge in [-0.2, -0.15) is 0 Å². The van der Waals surface area contributed by atoms with Gasteiger partial charge in [-0.25, -0.2) is 0 Å². The summed E-state index contributed by atoms with van der Waals surface area (Å²) in [5, 5.41) is 11.1. The van der Waals surface area contributed by atoms with E-state index in [0.29, 0.717) is 22.7 Å². The molecule has 1 N–H and O–H groups in total. The molecule has 1 aliphatic heterocycles. The predicted molar refractivity (Wildman–Crippen MR) is 104 cm³/mol. The first-order valence-corrected chi connectivity index (χ1v) is 9.14. The summed E-state index contributed by atoms with van der Waals surface area (Å²) in [6.45, 7) is 1.59. The monoisotopic (exact) mass is 433 g/mol. The fourth-order valence-corrected chi connectivity index (χ4v) is 3.73. The summed E-state index contributed by atoms with van der Waals surface area (Å²) < 4.78 is 11.3. The van der Waals surface area contributed by atoms with Gasteiger partial charge in [0.2, 0.25) is 0 Å². The first-order chi connectivity index (χ1) is 12.8. The topological polar surface area (TPSA) is 76.1 Å². The predicted octanol–water partition coefficient (Wildman–Crippen LogP) is 3.18. The van der Waals surface area contributed by atoms with Crippen molar-refractivity contribution in [3.8, 4) is 11.5 Å². The van der Waals surface area contributed by atoms with Gasteiger partial charge in [0.25, 0.3) is 5.91 Å². The molecule has 0 bridgehead atoms. The second-order valence-corrected chi connectivity index (χ2v) is 7.40. The van der Waals surface area contributed by atoms with Crippen molar-refractivity contribution >= 4 is 33.3 Å². The third-order valence-corrected chi connectivity index (χ3v) is 5.08. The van der Waals surface area contributed by atoms with Gasteiger partial charge < -0.3 is 19.5 Å². The lowest BCUT2D eigenvalue weighted by Crippen LogP contribution is -2.41. The van der Waals surface area contributed by atoms with E-state index in [1.807, 2.05) is 6.07 Å². The Labute approximate surface area is 165 Å². The minimum absolute atomic E-state index is 0.230. The molecule has 2 aromatic rings. The van der Waals surface area contributed by atoms with Crippen LogP contribution in [0.3, 0.4) is 0 Å². The minimum atomic E-state index is -1.86. The number of methoxy groups -OCH3 is 2. The molecule has 7 heteroatoms. The van der Waals surface area contributed by atoms with Crippen LogP contribution in [0.5, 0.6) is 11.5 Å². The average molecular weight is 434 g/mol. The SMILES string of the molecule is COc1ccc(CN2C(=O)[C@@](O)(CC(C)=O)c3cc(Br)ccc32)cc1OC. The zero-order valence-corrected chi connectivity index (χ0v) is 16.9. The van der Waals surface area contributed by atoms with Crippen LogP contribution in [-0.4, -0.2) is 31.0 Å². The summed E-state index contributed by atoms with van der Waals surface area (Å²) in [6, 6.07) is 10.6. The molecule has 0 saturated carbocycles. The van der Waals surface area contributed by atoms with E-state index in [1.165, 1.54) is 11.8 Å². The molecule has 0 saturated heterocycles. The highest BCUT2D eigenvalue weighted by Crippen LogP contribution is 2.44. The maximum Gasteiger partial charge on any atom is 0.264 e. The van der Waals surface area contributed by atoms with Crippen LogP contribution >= 0.6 is 15.9 Å². The number of ketones is 1. The molecule has 0 unspecified atom stereocenters. The van der Waals surface area contributed by atoms with E-state index >= 15 is 0 Å². The number of Topliss-reactive ketones (excluding diaryl/α,β-unsaturated/α-hetero) is 1. The number of hydrogen-bond donors (Lipinski definition) is 1. The van der Waals surface area contributed by atoms with E-state index in [4.69, 9.17) is 9.47 Å². The van der Waals surface area contributed by atoms with Gasteiger partial charge in [-0.05, 0) is 42.8 Å². The first-order valence-electron chi connectivity index (χ1n) is 8.35. The van der Waals surface area contributed by atoms with Crippen molar-refractivity contribution in [2.24, 2.45) is 0 Å². The first kappa shape index (κ1) is 19.4. The molecule has 0 aromatic heterocycles. The number of hydrogen-bond acceptors (Lipinski definition) is 5. The summed E-state index contributed by atoms with van der Waals surface area (Å²) in [4.78, 5) is 26.2. The van der Waals surface area contributed by atoms with E-state index in [2.05, 4.69) is 15.9 Å². The Morgan fingerprint density at radius 3 is 2.48 bits per heavy atom. The van der Waals surface area contributed by atoms with Crippen LogP contribution in [0, 0.1) is 0 Å². The van der Waals surface area contributed by atoms with E-state index in [9.17, 15) is 14.7 Å². The molecule has 6 nitrogen and oxygen atoms in total. The van der Waals surface area contributed by atoms with Gasteiger partial charge in [-0.1, -0.05) is 22.0 Å². The molecule has 0 spiro atoms. The lowest BCUT2D eigenvalue weighted by Gasteiger charge is -2.22. The van der Waals surface area contributed by atoms with Gasteiger partial charge >= 0.3 is 0 Å². The summed E-state index contributed by atoms with van der Waals surface area (Å²) in [6.07, 6.45) is -0.266. The molecule has 27 heavy (non-hydrogen) atoms. The fourth-order valence-electron chi connectivity index (χ4n) is 3.37. The third-order valence-electron chi connectivity index (χ3n) is 4.59. The Hall–Kier alpha value is -2.38. The van der Waals surface area contributed by atoms with Crippen molar-refractivity contribution in [2.45, 2.75) is 25.5 Å². The van der Waals surface area contributed by atoms with Crippen LogP contribution < -0.4 is 14.4 Å². The Bertz CT molecular complexity index is 913. The Balaban J connectivity index is 2.02. The number of amides is 1. The molecule has 1 aliphatic rings. The lowest BCUT2D eigenvalue weighted by molar-refractivity contribution is -0.141. The zero-order chi connectivity index (χ0) is 19.8. The van der Waals surface area contributed by atoms with Gasteiger partial charge in [0.1, 0.15) is 5.78 Å². The summed E-state index contributed by atoms with van der Waals surface area (Å²) >= 11 is 3.37. The quantitative estimate of drug-likeness (QED) is 0.756. The molecule has 142 valence electrons. The number of carbonyl (C=O) groups excluding carboxylic acids is 2. The minimum Gasteiger partial charge on any atom is -0.493 e. The van der Waals surface area contributed by atoms with Crippen molar-refractivity contribution in [3.63, 3.8) is 0 Å². The molecule has 0 aliphatic carbocycles. The normalized spacial score (nSPS) is 18.4. The highest BCUT2D eigenvalue weighted by atomic mass is 79.9. The van der Waals surface area contributed by atoms with Crippen molar-refractivity contribution in [2.75, 3.05) is 19.1 Å². The maximum atomic E-state index is 13.1. The molecule has 0 fully saturated rings. The van der Waals surface area contributed by atoms with Gasteiger partial charge in [0, 0.05) is 16.5 Å². The summed E-state index contributed by atoms with van der Waals surface area (Å²) in [5.74, 6) is 0.369. The number of aliphatic hydroxyl groups is 1. The standard InChI is InChI=1S/C20H20BrNO5/c1-12(23)10-20(25)15-9-14(21)5-6-16(15)22(19(20)24)11-13-4-7-17(26-2)18(8-13)27-3/h4-9,25H,10-11H2,1-3H3/t20-/m1/s1. The molecule has 0 radical (unpaired) electrons. The third kappa shape index (κ3) is 3.44. The number of fused-ring (bicyclic) bond motifs is 1. The number of nitrogens with zero attached hydrogens (tertiary/aromatic N) is 1. The van der Waals surface area contributed by atoms with Crippen molar-refractivity contribution < 1.29 is 24.2 Å². The summed E-state index contributed by atoms with van der Waals surface area (Å²) in [5.41, 5.74) is -0.0390. The van der Waals surface area contributed by atoms with Crippen LogP contribution in [0.25, 0.3) is 0 Å². The van der Waals surface area contributed by atoms with E-state index in [-0.39, 0.29) is 18.7 Å². The molecule has 1 amide bonds. The Morgan fingerprint density at radius 2 is 1.85 bits per heavy atom. The van der Waals surface area contributed by atoms with Crippen molar-refractivity contribution in [1.29, 1.82) is 0 Å². The molecule has 1 atom stereocenters. The highest BCUT2D eigenvalue weighted by molar-refractivity contribution is 9.10. The number of benzene rings is 2. The summed E-state index contributed by atoms with van der Waals surface area (Å²) in [7, 11) is 3.10. The van der Waals surface area contributed by atoms with Gasteiger partial charge in [0.15, 0.2) is 17.1 Å². The number of anilines is 1. The smallest absolute Gasteiger partial charge is 0.264 e. The van der Waals surface area contributed by atoms with Crippen LogP contribution in [0.15, 0.2) is 40.9 Å². The molecular formula is C20H20BrNO5. The largest absolute Gasteiger partial charge is 0.493 e. The average Bonchev–Trinajstić information content (AvgIpc) is 2.82. The number of halogens is 1. The lowest BCUT2D eigenvalue weighted by atomic mass is 9.90. The molecular weight excluding hydrogens is 414 g/mol. The number of rotatable bonds is 6. The Kier molecular flexibility index (Phi) is 5.26. The van der Waals surface area contributed by atoms with Crippen molar-refractivity contribution in [3.05, 3.63) is 52.0 Å². The van der Waals surface area contributed by atoms with Crippen LogP contribution in [0.1, 0.15) is 24.5 Å². The Morgan fingerprint density at radius 1 is 1.15 bits per heavy atom. The van der Waals surface area contributed by atoms with Crippen LogP contribution in [-0.2, 0) is 21.7 Å². The number of carbonyl (C=O) groups is 2. The highest BCUT2D eigenvalue weighted by Gasteiger charge is 2.50. The van der Waals surface area contributed by atoms with Gasteiger partial charge in [0.05, 0.1) is 26.5 Å². The van der Waals surface area contributed by atoms with Crippen LogP contribution in [0.4, 0.5) is 5.69 Å². The van der Waals surface area contributed by atoms with Gasteiger partial charge in [-0.3, -0.25) is 9.59 Å². The van der Waals surface area contributed by atoms with Crippen LogP contribution in [0.2, 0.25) is 0 Å². The number of ether oxygens (including phenoxy) is 2. The fraction of sp³-hybridized carbons (Fsp3) is 0.300. The van der Waals surface area contributed by atoms with E-state index in [1.54, 1.807) is 44.6 Å². The molecule has 1 heterocycles. The maximum absolute atomic E-state index is 13.1. The van der Waals surface area contributed by atoms with E-state index < -0.39 is 11.5 Å². The zero-order valence-electron chi connectivity index (χ0n) is 15.3. The molecule has 3 rings (SSSR count). The van der Waals surface area contributed by atoms with Gasteiger partial charge in [-0.15, -0.1) is 0 Å². The molecule has 2 aromatic carbocycles.